The second kappa shape index (κ2) is 6.21. The van der Waals surface area contributed by atoms with Crippen LogP contribution in [-0.4, -0.2) is 31.7 Å². The first kappa shape index (κ1) is 11.7. The molecule has 7 nitrogen and oxygen atoms in total. The second-order valence-corrected chi connectivity index (χ2v) is 2.28. The lowest BCUT2D eigenvalue weighted by atomic mass is 10.2. The molecule has 0 aromatic carbocycles. The SMILES string of the molecule is COC(=O)[C@@H](N)CCONC(=N)N. The van der Waals surface area contributed by atoms with Crippen LogP contribution in [0, 0.1) is 5.41 Å². The highest BCUT2D eigenvalue weighted by Gasteiger charge is 2.12. The lowest BCUT2D eigenvalue weighted by Crippen LogP contribution is -2.35. The molecule has 0 fully saturated rings. The molecule has 0 unspecified atom stereocenters. The molecule has 7 heteroatoms. The van der Waals surface area contributed by atoms with Gasteiger partial charge >= 0.3 is 5.97 Å². The maximum absolute atomic E-state index is 10.7. The molecule has 1 atom stereocenters. The number of nitrogens with one attached hydrogen (secondary N) is 2. The Morgan fingerprint density at radius 1 is 1.69 bits per heavy atom. The molecule has 0 saturated carbocycles. The molecule has 0 aliphatic carbocycles. The normalized spacial score (nSPS) is 11.8. The van der Waals surface area contributed by atoms with Crippen LogP contribution in [-0.2, 0) is 14.4 Å². The van der Waals surface area contributed by atoms with E-state index in [1.165, 1.54) is 7.11 Å². The van der Waals surface area contributed by atoms with Gasteiger partial charge in [-0.25, -0.2) is 5.48 Å². The van der Waals surface area contributed by atoms with Crippen molar-refractivity contribution >= 4 is 11.9 Å². The van der Waals surface area contributed by atoms with Crippen molar-refractivity contribution in [2.75, 3.05) is 13.7 Å². The van der Waals surface area contributed by atoms with Gasteiger partial charge in [-0.15, -0.1) is 0 Å². The van der Waals surface area contributed by atoms with Crippen LogP contribution in [0.4, 0.5) is 0 Å². The highest BCUT2D eigenvalue weighted by Crippen LogP contribution is 1.90. The number of hydroxylamine groups is 1. The van der Waals surface area contributed by atoms with Crippen molar-refractivity contribution < 1.29 is 14.4 Å². The average molecular weight is 190 g/mol. The van der Waals surface area contributed by atoms with E-state index in [0.717, 1.165) is 0 Å². The first-order valence-electron chi connectivity index (χ1n) is 3.63. The van der Waals surface area contributed by atoms with Gasteiger partial charge in [0.05, 0.1) is 13.7 Å². The number of rotatable bonds is 5. The Labute approximate surface area is 75.8 Å². The molecular formula is C6H14N4O3. The summed E-state index contributed by atoms with van der Waals surface area (Å²) >= 11 is 0. The van der Waals surface area contributed by atoms with Crippen molar-refractivity contribution in [3.05, 3.63) is 0 Å². The first-order chi connectivity index (χ1) is 6.07. The van der Waals surface area contributed by atoms with Gasteiger partial charge in [-0.05, 0) is 6.42 Å². The van der Waals surface area contributed by atoms with Crippen molar-refractivity contribution in [2.24, 2.45) is 11.5 Å². The molecule has 0 radical (unpaired) electrons. The largest absolute Gasteiger partial charge is 0.468 e. The topological polar surface area (TPSA) is 123 Å². The molecular weight excluding hydrogens is 176 g/mol. The quantitative estimate of drug-likeness (QED) is 0.134. The van der Waals surface area contributed by atoms with Crippen LogP contribution in [0.2, 0.25) is 0 Å². The van der Waals surface area contributed by atoms with Crippen LogP contribution < -0.4 is 16.9 Å². The Morgan fingerprint density at radius 2 is 2.31 bits per heavy atom. The van der Waals surface area contributed by atoms with Gasteiger partial charge in [0.15, 0.2) is 0 Å². The fourth-order valence-electron chi connectivity index (χ4n) is 0.584. The van der Waals surface area contributed by atoms with Crippen LogP contribution in [0.5, 0.6) is 0 Å². The predicted molar refractivity (Wildman–Crippen MR) is 45.6 cm³/mol. The second-order valence-electron chi connectivity index (χ2n) is 2.28. The Bertz CT molecular complexity index is 185. The zero-order valence-corrected chi connectivity index (χ0v) is 7.37. The fourth-order valence-corrected chi connectivity index (χ4v) is 0.584. The first-order valence-corrected chi connectivity index (χ1v) is 3.63. The zero-order valence-electron chi connectivity index (χ0n) is 7.37. The number of guanidine groups is 1. The molecule has 6 N–H and O–H groups in total. The molecule has 76 valence electrons. The number of nitrogens with two attached hydrogens (primary N) is 2. The molecule has 0 rings (SSSR count). The standard InChI is InChI=1S/C6H14N4O3/c1-12-5(11)4(7)2-3-13-10-6(8)9/h4H,2-3,7H2,1H3,(H4,8,9,10)/t4-/m0/s1. The van der Waals surface area contributed by atoms with E-state index in [1.807, 2.05) is 0 Å². The third-order valence-corrected chi connectivity index (χ3v) is 1.22. The molecule has 0 heterocycles. The predicted octanol–water partition coefficient (Wildman–Crippen LogP) is -1.71. The van der Waals surface area contributed by atoms with E-state index in [-0.39, 0.29) is 12.6 Å². The summed E-state index contributed by atoms with van der Waals surface area (Å²) in [4.78, 5) is 15.4. The summed E-state index contributed by atoms with van der Waals surface area (Å²) in [6, 6.07) is -0.709. The molecule has 0 aromatic rings. The van der Waals surface area contributed by atoms with E-state index in [2.05, 4.69) is 15.1 Å². The summed E-state index contributed by atoms with van der Waals surface area (Å²) in [5.41, 5.74) is 12.4. The minimum atomic E-state index is -0.709. The molecule has 0 saturated heterocycles. The average Bonchev–Trinajstić information content (AvgIpc) is 2.10. The lowest BCUT2D eigenvalue weighted by molar-refractivity contribution is -0.142. The van der Waals surface area contributed by atoms with Crippen molar-refractivity contribution in [2.45, 2.75) is 12.5 Å². The number of carbonyl (C=O) groups excluding carboxylic acids is 1. The summed E-state index contributed by atoms with van der Waals surface area (Å²) in [6.45, 7) is 0.176. The fraction of sp³-hybridized carbons (Fsp3) is 0.667. The van der Waals surface area contributed by atoms with Gasteiger partial charge in [-0.2, -0.15) is 0 Å². The highest BCUT2D eigenvalue weighted by atomic mass is 16.6. The van der Waals surface area contributed by atoms with E-state index >= 15 is 0 Å². The number of methoxy groups -OCH3 is 1. The molecule has 0 amide bonds. The van der Waals surface area contributed by atoms with Gasteiger partial charge in [-0.3, -0.25) is 15.0 Å². The van der Waals surface area contributed by atoms with Gasteiger partial charge < -0.3 is 16.2 Å². The lowest BCUT2D eigenvalue weighted by Gasteiger charge is -2.09. The molecule has 0 bridgehead atoms. The number of hydrogen-bond acceptors (Lipinski definition) is 5. The van der Waals surface area contributed by atoms with E-state index in [9.17, 15) is 4.79 Å². The number of ether oxygens (including phenoxy) is 1. The monoisotopic (exact) mass is 190 g/mol. The van der Waals surface area contributed by atoms with E-state index in [1.54, 1.807) is 0 Å². The molecule has 0 aliphatic rings. The minimum Gasteiger partial charge on any atom is -0.468 e. The third kappa shape index (κ3) is 5.88. The van der Waals surface area contributed by atoms with Gasteiger partial charge in [0.2, 0.25) is 5.96 Å². The smallest absolute Gasteiger partial charge is 0.322 e. The van der Waals surface area contributed by atoms with Gasteiger partial charge in [0.25, 0.3) is 0 Å². The molecule has 0 aliphatic heterocycles. The number of carbonyl (C=O) groups is 1. The Morgan fingerprint density at radius 3 is 2.77 bits per heavy atom. The van der Waals surface area contributed by atoms with Gasteiger partial charge in [0, 0.05) is 0 Å². The minimum absolute atomic E-state index is 0.176. The summed E-state index contributed by atoms with van der Waals surface area (Å²) in [5.74, 6) is -0.793. The Kier molecular flexibility index (Phi) is 5.57. The van der Waals surface area contributed by atoms with Crippen molar-refractivity contribution in [3.8, 4) is 0 Å². The van der Waals surface area contributed by atoms with Crippen LogP contribution >= 0.6 is 0 Å². The van der Waals surface area contributed by atoms with Crippen LogP contribution in [0.15, 0.2) is 0 Å². The van der Waals surface area contributed by atoms with E-state index in [0.29, 0.717) is 6.42 Å². The van der Waals surface area contributed by atoms with E-state index < -0.39 is 12.0 Å². The maximum Gasteiger partial charge on any atom is 0.322 e. The molecule has 0 spiro atoms. The van der Waals surface area contributed by atoms with Crippen LogP contribution in [0.25, 0.3) is 0 Å². The summed E-state index contributed by atoms with van der Waals surface area (Å²) < 4.78 is 4.38. The summed E-state index contributed by atoms with van der Waals surface area (Å²) in [6.07, 6.45) is 0.299. The van der Waals surface area contributed by atoms with Crippen molar-refractivity contribution in [1.29, 1.82) is 5.41 Å². The van der Waals surface area contributed by atoms with Crippen molar-refractivity contribution in [3.63, 3.8) is 0 Å². The van der Waals surface area contributed by atoms with Crippen LogP contribution in [0.3, 0.4) is 0 Å². The maximum atomic E-state index is 10.7. The molecule has 13 heavy (non-hydrogen) atoms. The number of hydrogen-bond donors (Lipinski definition) is 4. The summed E-state index contributed by atoms with van der Waals surface area (Å²) in [7, 11) is 1.26. The third-order valence-electron chi connectivity index (χ3n) is 1.22. The zero-order chi connectivity index (χ0) is 10.3. The van der Waals surface area contributed by atoms with Crippen LogP contribution in [0.1, 0.15) is 6.42 Å². The van der Waals surface area contributed by atoms with E-state index in [4.69, 9.17) is 16.9 Å². The highest BCUT2D eigenvalue weighted by molar-refractivity contribution is 5.75. The van der Waals surface area contributed by atoms with Crippen molar-refractivity contribution in [1.82, 2.24) is 5.48 Å². The summed E-state index contributed by atoms with van der Waals surface area (Å²) in [5, 5.41) is 6.72. The molecule has 0 aromatic heterocycles. The van der Waals surface area contributed by atoms with Gasteiger partial charge in [-0.1, -0.05) is 0 Å². The Balaban J connectivity index is 3.42. The number of esters is 1. The Hall–Kier alpha value is -1.34. The van der Waals surface area contributed by atoms with Gasteiger partial charge in [0.1, 0.15) is 6.04 Å².